The lowest BCUT2D eigenvalue weighted by Gasteiger charge is -2.25. The third kappa shape index (κ3) is 9.91. The summed E-state index contributed by atoms with van der Waals surface area (Å²) in [6.45, 7) is 13.6. The highest BCUT2D eigenvalue weighted by atomic mass is 16.5. The van der Waals surface area contributed by atoms with E-state index in [2.05, 4.69) is 6.58 Å². The Labute approximate surface area is 93.7 Å². The summed E-state index contributed by atoms with van der Waals surface area (Å²) in [4.78, 5) is 2.04. The van der Waals surface area contributed by atoms with E-state index in [0.29, 0.717) is 13.2 Å². The molecule has 0 saturated heterocycles. The minimum Gasteiger partial charge on any atom is -0.389 e. The van der Waals surface area contributed by atoms with Crippen LogP contribution in [0.25, 0.3) is 0 Å². The number of hydrogen-bond donors (Lipinski definition) is 1. The second-order valence-electron chi connectivity index (χ2n) is 5.23. The maximum atomic E-state index is 9.70. The summed E-state index contributed by atoms with van der Waals surface area (Å²) in [5.74, 6) is 0. The molecule has 3 heteroatoms. The van der Waals surface area contributed by atoms with Gasteiger partial charge in [-0.2, -0.15) is 0 Å². The third-order valence-electron chi connectivity index (χ3n) is 1.77. The van der Waals surface area contributed by atoms with E-state index in [4.69, 9.17) is 4.74 Å². The first-order chi connectivity index (χ1) is 6.70. The lowest BCUT2D eigenvalue weighted by Crippen LogP contribution is -2.35. The predicted molar refractivity (Wildman–Crippen MR) is 64.0 cm³/mol. The van der Waals surface area contributed by atoms with Gasteiger partial charge in [0.1, 0.15) is 0 Å². The monoisotopic (exact) mass is 215 g/mol. The van der Waals surface area contributed by atoms with Crippen LogP contribution in [-0.2, 0) is 4.74 Å². The third-order valence-corrected chi connectivity index (χ3v) is 1.77. The summed E-state index contributed by atoms with van der Waals surface area (Å²) in [5.41, 5.74) is 0.912. The summed E-state index contributed by atoms with van der Waals surface area (Å²) in [5, 5.41) is 9.70. The number of likely N-dealkylation sites (N-methyl/N-ethyl adjacent to an activating group) is 1. The van der Waals surface area contributed by atoms with Crippen molar-refractivity contribution in [2.45, 2.75) is 39.4 Å². The van der Waals surface area contributed by atoms with E-state index < -0.39 is 6.10 Å². The maximum Gasteiger partial charge on any atom is 0.0900 e. The van der Waals surface area contributed by atoms with E-state index >= 15 is 0 Å². The van der Waals surface area contributed by atoms with Crippen LogP contribution in [0, 0.1) is 0 Å². The fourth-order valence-electron chi connectivity index (χ4n) is 1.28. The lowest BCUT2D eigenvalue weighted by atomic mass is 10.2. The molecule has 0 radical (unpaired) electrons. The number of ether oxygens (including phenoxy) is 1. The Balaban J connectivity index is 3.73. The Morgan fingerprint density at radius 1 is 1.47 bits per heavy atom. The summed E-state index contributed by atoms with van der Waals surface area (Å²) < 4.78 is 5.50. The molecule has 0 heterocycles. The van der Waals surface area contributed by atoms with Crippen LogP contribution in [0.3, 0.4) is 0 Å². The van der Waals surface area contributed by atoms with Crippen molar-refractivity contribution in [2.75, 3.05) is 26.7 Å². The molecule has 0 fully saturated rings. The van der Waals surface area contributed by atoms with Crippen molar-refractivity contribution in [3.05, 3.63) is 12.2 Å². The van der Waals surface area contributed by atoms with Gasteiger partial charge in [0.05, 0.1) is 18.3 Å². The molecule has 15 heavy (non-hydrogen) atoms. The van der Waals surface area contributed by atoms with Gasteiger partial charge in [0.15, 0.2) is 0 Å². The van der Waals surface area contributed by atoms with Gasteiger partial charge in [-0.15, -0.1) is 0 Å². The van der Waals surface area contributed by atoms with Gasteiger partial charge in [-0.05, 0) is 34.7 Å². The van der Waals surface area contributed by atoms with Gasteiger partial charge in [-0.3, -0.25) is 4.90 Å². The number of hydrogen-bond acceptors (Lipinski definition) is 3. The molecular weight excluding hydrogens is 190 g/mol. The number of rotatable bonds is 6. The van der Waals surface area contributed by atoms with E-state index in [1.165, 1.54) is 0 Å². The molecule has 0 spiro atoms. The molecule has 0 bridgehead atoms. The molecule has 0 aromatic heterocycles. The first-order valence-corrected chi connectivity index (χ1v) is 5.35. The van der Waals surface area contributed by atoms with Crippen molar-refractivity contribution in [1.29, 1.82) is 0 Å². The summed E-state index contributed by atoms with van der Waals surface area (Å²) in [6, 6.07) is 0. The Bertz CT molecular complexity index is 196. The van der Waals surface area contributed by atoms with Crippen molar-refractivity contribution in [3.63, 3.8) is 0 Å². The smallest absolute Gasteiger partial charge is 0.0900 e. The van der Waals surface area contributed by atoms with Crippen molar-refractivity contribution in [2.24, 2.45) is 0 Å². The van der Waals surface area contributed by atoms with Crippen LogP contribution >= 0.6 is 0 Å². The predicted octanol–water partition coefficient (Wildman–Crippen LogP) is 1.67. The van der Waals surface area contributed by atoms with E-state index in [1.54, 1.807) is 0 Å². The largest absolute Gasteiger partial charge is 0.389 e. The Morgan fingerprint density at radius 2 is 2.00 bits per heavy atom. The Hall–Kier alpha value is -0.380. The van der Waals surface area contributed by atoms with Gasteiger partial charge in [0.2, 0.25) is 0 Å². The molecule has 90 valence electrons. The van der Waals surface area contributed by atoms with Gasteiger partial charge < -0.3 is 9.84 Å². The van der Waals surface area contributed by atoms with Crippen molar-refractivity contribution < 1.29 is 9.84 Å². The van der Waals surface area contributed by atoms with Crippen molar-refractivity contribution >= 4 is 0 Å². The lowest BCUT2D eigenvalue weighted by molar-refractivity contribution is -0.0541. The molecule has 1 atom stereocenters. The maximum absolute atomic E-state index is 9.70. The highest BCUT2D eigenvalue weighted by Gasteiger charge is 2.14. The van der Waals surface area contributed by atoms with E-state index in [0.717, 1.165) is 12.1 Å². The Morgan fingerprint density at radius 3 is 2.40 bits per heavy atom. The van der Waals surface area contributed by atoms with E-state index in [1.807, 2.05) is 39.6 Å². The zero-order valence-electron chi connectivity index (χ0n) is 10.7. The molecule has 0 aliphatic carbocycles. The van der Waals surface area contributed by atoms with Crippen LogP contribution in [0.2, 0.25) is 0 Å². The first kappa shape index (κ1) is 14.6. The van der Waals surface area contributed by atoms with Crippen LogP contribution in [0.15, 0.2) is 12.2 Å². The van der Waals surface area contributed by atoms with Crippen molar-refractivity contribution in [1.82, 2.24) is 4.90 Å². The average Bonchev–Trinajstić information content (AvgIpc) is 1.97. The van der Waals surface area contributed by atoms with Gasteiger partial charge in [-0.1, -0.05) is 12.2 Å². The van der Waals surface area contributed by atoms with Crippen LogP contribution in [-0.4, -0.2) is 48.5 Å². The first-order valence-electron chi connectivity index (χ1n) is 5.35. The SMILES string of the molecule is C=C(C)CN(C)CC(O)COC(C)(C)C. The average molecular weight is 215 g/mol. The molecule has 0 aliphatic rings. The van der Waals surface area contributed by atoms with Crippen LogP contribution in [0.1, 0.15) is 27.7 Å². The number of aliphatic hydroxyl groups is 1. The molecule has 0 aromatic rings. The van der Waals surface area contributed by atoms with Gasteiger partial charge in [-0.25, -0.2) is 0 Å². The fraction of sp³-hybridized carbons (Fsp3) is 0.833. The minimum atomic E-state index is -0.437. The molecule has 0 aromatic carbocycles. The van der Waals surface area contributed by atoms with E-state index in [-0.39, 0.29) is 5.60 Å². The molecule has 3 nitrogen and oxygen atoms in total. The second kappa shape index (κ2) is 6.26. The van der Waals surface area contributed by atoms with Crippen LogP contribution in [0.4, 0.5) is 0 Å². The van der Waals surface area contributed by atoms with Crippen LogP contribution in [0.5, 0.6) is 0 Å². The Kier molecular flexibility index (Phi) is 6.10. The quantitative estimate of drug-likeness (QED) is 0.684. The molecule has 0 amide bonds. The summed E-state index contributed by atoms with van der Waals surface area (Å²) in [7, 11) is 1.97. The second-order valence-corrected chi connectivity index (χ2v) is 5.23. The molecular formula is C12H25NO2. The summed E-state index contributed by atoms with van der Waals surface area (Å²) in [6.07, 6.45) is -0.437. The molecule has 0 aliphatic heterocycles. The molecule has 0 saturated carbocycles. The van der Waals surface area contributed by atoms with Crippen molar-refractivity contribution in [3.8, 4) is 0 Å². The molecule has 1 N–H and O–H groups in total. The zero-order chi connectivity index (χ0) is 12.1. The standard InChI is InChI=1S/C12H25NO2/c1-10(2)7-13(6)8-11(14)9-15-12(3,4)5/h11,14H,1,7-9H2,2-6H3. The van der Waals surface area contributed by atoms with Crippen LogP contribution < -0.4 is 0 Å². The zero-order valence-corrected chi connectivity index (χ0v) is 10.7. The minimum absolute atomic E-state index is 0.187. The highest BCUT2D eigenvalue weighted by Crippen LogP contribution is 2.07. The van der Waals surface area contributed by atoms with Gasteiger partial charge in [0, 0.05) is 13.1 Å². The highest BCUT2D eigenvalue weighted by molar-refractivity contribution is 4.91. The fourth-order valence-corrected chi connectivity index (χ4v) is 1.28. The van der Waals surface area contributed by atoms with Gasteiger partial charge >= 0.3 is 0 Å². The number of aliphatic hydroxyl groups excluding tert-OH is 1. The summed E-state index contributed by atoms with van der Waals surface area (Å²) >= 11 is 0. The van der Waals surface area contributed by atoms with Gasteiger partial charge in [0.25, 0.3) is 0 Å². The van der Waals surface area contributed by atoms with E-state index in [9.17, 15) is 5.11 Å². The molecule has 0 rings (SSSR count). The normalized spacial score (nSPS) is 14.3. The topological polar surface area (TPSA) is 32.7 Å². The number of nitrogens with zero attached hydrogens (tertiary/aromatic N) is 1. The molecule has 1 unspecified atom stereocenters.